The van der Waals surface area contributed by atoms with Gasteiger partial charge >= 0.3 is 6.09 Å². The fraction of sp³-hybridized carbons (Fsp3) is 0.333. The van der Waals surface area contributed by atoms with Crippen molar-refractivity contribution in [2.24, 2.45) is 0 Å². The molecule has 0 saturated heterocycles. The third-order valence-corrected chi connectivity index (χ3v) is 3.49. The van der Waals surface area contributed by atoms with Crippen LogP contribution in [-0.4, -0.2) is 26.6 Å². The Labute approximate surface area is 128 Å². The van der Waals surface area contributed by atoms with E-state index in [1.54, 1.807) is 18.2 Å². The highest BCUT2D eigenvalue weighted by atomic mass is 35.5. The number of hydrogen-bond acceptors (Lipinski definition) is 3. The molecule has 5 nitrogen and oxygen atoms in total. The summed E-state index contributed by atoms with van der Waals surface area (Å²) in [7, 11) is 0. The van der Waals surface area contributed by atoms with E-state index in [9.17, 15) is 9.90 Å². The van der Waals surface area contributed by atoms with E-state index in [-0.39, 0.29) is 6.54 Å². The lowest BCUT2D eigenvalue weighted by Gasteiger charge is -2.33. The summed E-state index contributed by atoms with van der Waals surface area (Å²) in [6.07, 6.45) is -0.993. The molecule has 1 aromatic heterocycles. The van der Waals surface area contributed by atoms with E-state index in [0.29, 0.717) is 16.4 Å². The van der Waals surface area contributed by atoms with Crippen LogP contribution in [0, 0.1) is 0 Å². The number of carbonyl (C=O) groups is 1. The van der Waals surface area contributed by atoms with Gasteiger partial charge in [0.15, 0.2) is 0 Å². The summed E-state index contributed by atoms with van der Waals surface area (Å²) in [4.78, 5) is 17.1. The van der Waals surface area contributed by atoms with Crippen molar-refractivity contribution in [3.63, 3.8) is 0 Å². The second-order valence-electron chi connectivity index (χ2n) is 5.91. The van der Waals surface area contributed by atoms with Gasteiger partial charge in [-0.15, -0.1) is 0 Å². The number of rotatable bonds is 2. The van der Waals surface area contributed by atoms with Gasteiger partial charge in [-0.2, -0.15) is 0 Å². The standard InChI is InChI=1S/C15H18ClN3O2/c1-15(2,3)19(14(20)21)8-10-6-9-7-11(16)4-5-12(9)18-13(10)17/h4-7H,8H2,1-3H3,(H2,17,18)(H,20,21). The van der Waals surface area contributed by atoms with Crippen LogP contribution >= 0.6 is 11.6 Å². The minimum absolute atomic E-state index is 0.181. The summed E-state index contributed by atoms with van der Waals surface area (Å²) in [6, 6.07) is 7.16. The summed E-state index contributed by atoms with van der Waals surface area (Å²) >= 11 is 5.98. The highest BCUT2D eigenvalue weighted by Crippen LogP contribution is 2.25. The Bertz CT molecular complexity index is 695. The first-order valence-electron chi connectivity index (χ1n) is 6.53. The molecule has 2 rings (SSSR count). The predicted octanol–water partition coefficient (Wildman–Crippen LogP) is 3.75. The van der Waals surface area contributed by atoms with Crippen LogP contribution in [-0.2, 0) is 6.54 Å². The van der Waals surface area contributed by atoms with Crippen LogP contribution < -0.4 is 5.73 Å². The second kappa shape index (κ2) is 5.41. The molecule has 2 aromatic rings. The van der Waals surface area contributed by atoms with Crippen molar-refractivity contribution in [2.75, 3.05) is 5.73 Å². The van der Waals surface area contributed by atoms with Crippen molar-refractivity contribution in [3.05, 3.63) is 34.9 Å². The fourth-order valence-corrected chi connectivity index (χ4v) is 2.28. The molecule has 0 aliphatic heterocycles. The molecular formula is C15H18ClN3O2. The zero-order valence-electron chi connectivity index (χ0n) is 12.2. The number of pyridine rings is 1. The number of halogens is 1. The van der Waals surface area contributed by atoms with Crippen molar-refractivity contribution < 1.29 is 9.90 Å². The average Bonchev–Trinajstić information content (AvgIpc) is 2.34. The van der Waals surface area contributed by atoms with Gasteiger partial charge in [0, 0.05) is 21.5 Å². The van der Waals surface area contributed by atoms with Crippen LogP contribution in [0.3, 0.4) is 0 Å². The zero-order chi connectivity index (χ0) is 15.8. The molecule has 1 heterocycles. The Morgan fingerprint density at radius 1 is 1.38 bits per heavy atom. The molecule has 3 N–H and O–H groups in total. The van der Waals surface area contributed by atoms with Crippen LogP contribution in [0.4, 0.5) is 10.6 Å². The number of benzene rings is 1. The lowest BCUT2D eigenvalue weighted by atomic mass is 10.0. The largest absolute Gasteiger partial charge is 0.465 e. The smallest absolute Gasteiger partial charge is 0.408 e. The highest BCUT2D eigenvalue weighted by molar-refractivity contribution is 6.31. The number of nitrogens with two attached hydrogens (primary N) is 1. The molecule has 0 saturated carbocycles. The summed E-state index contributed by atoms with van der Waals surface area (Å²) in [6.45, 7) is 5.69. The molecule has 0 atom stereocenters. The lowest BCUT2D eigenvalue weighted by Crippen LogP contribution is -2.44. The minimum Gasteiger partial charge on any atom is -0.465 e. The van der Waals surface area contributed by atoms with Gasteiger partial charge in [-0.05, 0) is 45.0 Å². The number of anilines is 1. The van der Waals surface area contributed by atoms with Gasteiger partial charge in [0.05, 0.1) is 12.1 Å². The average molecular weight is 308 g/mol. The third kappa shape index (κ3) is 3.36. The second-order valence-corrected chi connectivity index (χ2v) is 6.35. The summed E-state index contributed by atoms with van der Waals surface area (Å²) in [5.41, 5.74) is 6.83. The molecule has 0 aliphatic carbocycles. The van der Waals surface area contributed by atoms with E-state index in [2.05, 4.69) is 4.98 Å². The van der Waals surface area contributed by atoms with Crippen molar-refractivity contribution in [2.45, 2.75) is 32.9 Å². The highest BCUT2D eigenvalue weighted by Gasteiger charge is 2.27. The molecule has 112 valence electrons. The Hall–Kier alpha value is -2.01. The number of nitrogen functional groups attached to an aromatic ring is 1. The molecule has 1 amide bonds. The van der Waals surface area contributed by atoms with E-state index in [1.165, 1.54) is 4.90 Å². The Morgan fingerprint density at radius 2 is 2.05 bits per heavy atom. The van der Waals surface area contributed by atoms with Gasteiger partial charge in [-0.3, -0.25) is 4.90 Å². The molecule has 0 aliphatic rings. The Morgan fingerprint density at radius 3 is 2.62 bits per heavy atom. The van der Waals surface area contributed by atoms with E-state index >= 15 is 0 Å². The van der Waals surface area contributed by atoms with Gasteiger partial charge in [0.2, 0.25) is 0 Å². The molecule has 1 aromatic carbocycles. The Balaban J connectivity index is 2.46. The van der Waals surface area contributed by atoms with Crippen molar-refractivity contribution in [3.8, 4) is 0 Å². The fourth-order valence-electron chi connectivity index (χ4n) is 2.09. The van der Waals surface area contributed by atoms with Crippen molar-refractivity contribution in [1.82, 2.24) is 9.88 Å². The number of aromatic nitrogens is 1. The van der Waals surface area contributed by atoms with Gasteiger partial charge in [-0.1, -0.05) is 11.6 Å². The lowest BCUT2D eigenvalue weighted by molar-refractivity contribution is 0.0957. The van der Waals surface area contributed by atoms with Crippen molar-refractivity contribution >= 4 is 34.4 Å². The van der Waals surface area contributed by atoms with Crippen LogP contribution in [0.5, 0.6) is 0 Å². The predicted molar refractivity (Wildman–Crippen MR) is 84.5 cm³/mol. The molecule has 21 heavy (non-hydrogen) atoms. The van der Waals surface area contributed by atoms with Gasteiger partial charge in [0.25, 0.3) is 0 Å². The first-order chi connectivity index (χ1) is 9.68. The summed E-state index contributed by atoms with van der Waals surface area (Å²) < 4.78 is 0. The quantitative estimate of drug-likeness (QED) is 0.885. The SMILES string of the molecule is CC(C)(C)N(Cc1cc2cc(Cl)ccc2nc1N)C(=O)O. The summed E-state index contributed by atoms with van der Waals surface area (Å²) in [5, 5.41) is 10.8. The molecule has 0 radical (unpaired) electrons. The van der Waals surface area contributed by atoms with Crippen LogP contribution in [0.2, 0.25) is 5.02 Å². The van der Waals surface area contributed by atoms with Gasteiger partial charge in [-0.25, -0.2) is 9.78 Å². The monoisotopic (exact) mass is 307 g/mol. The number of amides is 1. The topological polar surface area (TPSA) is 79.5 Å². The molecule has 0 bridgehead atoms. The van der Waals surface area contributed by atoms with Crippen LogP contribution in [0.15, 0.2) is 24.3 Å². The number of fused-ring (bicyclic) bond motifs is 1. The van der Waals surface area contributed by atoms with Crippen molar-refractivity contribution in [1.29, 1.82) is 0 Å². The molecule has 0 spiro atoms. The molecule has 6 heteroatoms. The maximum Gasteiger partial charge on any atom is 0.408 e. The number of hydrogen-bond donors (Lipinski definition) is 2. The van der Waals surface area contributed by atoms with E-state index in [0.717, 1.165) is 10.9 Å². The van der Waals surface area contributed by atoms with Gasteiger partial charge < -0.3 is 10.8 Å². The van der Waals surface area contributed by atoms with E-state index < -0.39 is 11.6 Å². The van der Waals surface area contributed by atoms with E-state index in [4.69, 9.17) is 17.3 Å². The summed E-state index contributed by atoms with van der Waals surface area (Å²) in [5.74, 6) is 0.334. The third-order valence-electron chi connectivity index (χ3n) is 3.26. The molecule has 0 fully saturated rings. The van der Waals surface area contributed by atoms with Crippen LogP contribution in [0.25, 0.3) is 10.9 Å². The minimum atomic E-state index is -0.993. The number of carboxylic acid groups (broad SMARTS) is 1. The first-order valence-corrected chi connectivity index (χ1v) is 6.91. The number of nitrogens with zero attached hydrogens (tertiary/aromatic N) is 2. The molecular weight excluding hydrogens is 290 g/mol. The maximum atomic E-state index is 11.4. The van der Waals surface area contributed by atoms with Crippen LogP contribution in [0.1, 0.15) is 26.3 Å². The maximum absolute atomic E-state index is 11.4. The Kier molecular flexibility index (Phi) is 3.96. The van der Waals surface area contributed by atoms with Gasteiger partial charge in [0.1, 0.15) is 5.82 Å². The normalized spacial score (nSPS) is 11.6. The first kappa shape index (κ1) is 15.4. The van der Waals surface area contributed by atoms with E-state index in [1.807, 2.05) is 26.8 Å². The molecule has 0 unspecified atom stereocenters. The zero-order valence-corrected chi connectivity index (χ0v) is 13.0.